The van der Waals surface area contributed by atoms with Crippen LogP contribution in [0.1, 0.15) is 23.2 Å². The van der Waals surface area contributed by atoms with Gasteiger partial charge in [-0.05, 0) is 24.3 Å². The van der Waals surface area contributed by atoms with E-state index >= 15 is 0 Å². The first-order valence-corrected chi connectivity index (χ1v) is 9.58. The quantitative estimate of drug-likeness (QED) is 0.801. The van der Waals surface area contributed by atoms with E-state index < -0.39 is 5.97 Å². The maximum atomic E-state index is 12.6. The number of carbonyl (C=O) groups is 3. The molecule has 2 aromatic rings. The number of hydrogen-bond acceptors (Lipinski definition) is 5. The van der Waals surface area contributed by atoms with E-state index in [4.69, 9.17) is 4.74 Å². The third kappa shape index (κ3) is 4.49. The molecule has 140 valence electrons. The van der Waals surface area contributed by atoms with Crippen molar-refractivity contribution in [2.45, 2.75) is 17.7 Å². The minimum absolute atomic E-state index is 0.0418. The molecule has 0 unspecified atom stereocenters. The molecule has 0 radical (unpaired) electrons. The summed E-state index contributed by atoms with van der Waals surface area (Å²) in [5.74, 6) is -0.0931. The molecule has 0 spiro atoms. The van der Waals surface area contributed by atoms with Gasteiger partial charge >= 0.3 is 5.97 Å². The molecule has 27 heavy (non-hydrogen) atoms. The zero-order chi connectivity index (χ0) is 19.2. The normalized spacial score (nSPS) is 12.9. The number of amides is 2. The van der Waals surface area contributed by atoms with Crippen molar-refractivity contribution in [3.8, 4) is 0 Å². The molecule has 0 atom stereocenters. The van der Waals surface area contributed by atoms with E-state index in [1.165, 1.54) is 7.11 Å². The first kappa shape index (κ1) is 19.0. The van der Waals surface area contributed by atoms with Crippen LogP contribution < -0.4 is 10.2 Å². The Balaban J connectivity index is 1.61. The number of esters is 1. The first-order valence-electron chi connectivity index (χ1n) is 8.59. The maximum absolute atomic E-state index is 12.6. The van der Waals surface area contributed by atoms with Gasteiger partial charge in [0.1, 0.15) is 0 Å². The number of fused-ring (bicyclic) bond motifs is 1. The lowest BCUT2D eigenvalue weighted by atomic mass is 10.1. The van der Waals surface area contributed by atoms with Crippen molar-refractivity contribution in [3.63, 3.8) is 0 Å². The molecule has 3 rings (SSSR count). The molecular weight excluding hydrogens is 364 g/mol. The topological polar surface area (TPSA) is 75.7 Å². The molecule has 0 fully saturated rings. The number of benzene rings is 2. The number of rotatable bonds is 5. The van der Waals surface area contributed by atoms with Crippen LogP contribution in [0, 0.1) is 0 Å². The number of methoxy groups -OCH3 is 1. The van der Waals surface area contributed by atoms with E-state index in [1.54, 1.807) is 40.9 Å². The fourth-order valence-corrected chi connectivity index (χ4v) is 3.87. The lowest BCUT2D eigenvalue weighted by Crippen LogP contribution is -2.35. The molecule has 1 aliphatic heterocycles. The smallest absolute Gasteiger partial charge is 0.339 e. The molecule has 0 aromatic heterocycles. The summed E-state index contributed by atoms with van der Waals surface area (Å²) in [5, 5.41) is 2.69. The van der Waals surface area contributed by atoms with Crippen LogP contribution in [0.3, 0.4) is 0 Å². The lowest BCUT2D eigenvalue weighted by Gasteiger charge is -2.29. The summed E-state index contributed by atoms with van der Waals surface area (Å²) in [5.41, 5.74) is 1.55. The highest BCUT2D eigenvalue weighted by Gasteiger charge is 2.23. The number of ether oxygens (including phenoxy) is 1. The minimum Gasteiger partial charge on any atom is -0.465 e. The zero-order valence-corrected chi connectivity index (χ0v) is 15.8. The Bertz CT molecular complexity index is 869. The second-order valence-electron chi connectivity index (χ2n) is 5.95. The van der Waals surface area contributed by atoms with Crippen molar-refractivity contribution in [3.05, 3.63) is 54.1 Å². The van der Waals surface area contributed by atoms with Crippen LogP contribution in [-0.4, -0.2) is 37.2 Å². The average Bonchev–Trinajstić information content (AvgIpc) is 2.71. The Labute approximate surface area is 161 Å². The third-order valence-corrected chi connectivity index (χ3v) is 5.24. The lowest BCUT2D eigenvalue weighted by molar-refractivity contribution is -0.122. The van der Waals surface area contributed by atoms with Crippen LogP contribution in [-0.2, 0) is 14.3 Å². The van der Waals surface area contributed by atoms with Gasteiger partial charge in [-0.1, -0.05) is 24.3 Å². The molecule has 2 aromatic carbocycles. The highest BCUT2D eigenvalue weighted by molar-refractivity contribution is 7.99. The van der Waals surface area contributed by atoms with Gasteiger partial charge in [0.2, 0.25) is 11.8 Å². The van der Waals surface area contributed by atoms with Crippen LogP contribution in [0.25, 0.3) is 0 Å². The molecule has 7 heteroatoms. The fraction of sp³-hybridized carbons (Fsp3) is 0.250. The van der Waals surface area contributed by atoms with Gasteiger partial charge in [-0.15, -0.1) is 11.8 Å². The number of nitrogens with zero attached hydrogens (tertiary/aromatic N) is 1. The molecule has 1 aliphatic rings. The fourth-order valence-electron chi connectivity index (χ4n) is 2.88. The number of carbonyl (C=O) groups excluding carboxylic acids is 3. The van der Waals surface area contributed by atoms with Gasteiger partial charge in [0, 0.05) is 30.0 Å². The average molecular weight is 384 g/mol. The molecule has 2 amide bonds. The predicted octanol–water partition coefficient (Wildman–Crippen LogP) is 3.33. The van der Waals surface area contributed by atoms with Crippen LogP contribution in [0.5, 0.6) is 0 Å². The second kappa shape index (κ2) is 8.73. The molecule has 1 N–H and O–H groups in total. The van der Waals surface area contributed by atoms with Crippen molar-refractivity contribution < 1.29 is 19.1 Å². The summed E-state index contributed by atoms with van der Waals surface area (Å²) in [4.78, 5) is 39.5. The second-order valence-corrected chi connectivity index (χ2v) is 7.08. The Morgan fingerprint density at radius 2 is 1.81 bits per heavy atom. The van der Waals surface area contributed by atoms with E-state index in [9.17, 15) is 14.4 Å². The minimum atomic E-state index is -0.524. The zero-order valence-electron chi connectivity index (χ0n) is 14.9. The van der Waals surface area contributed by atoms with Crippen LogP contribution >= 0.6 is 11.8 Å². The van der Waals surface area contributed by atoms with Gasteiger partial charge in [0.25, 0.3) is 0 Å². The Morgan fingerprint density at radius 1 is 1.07 bits per heavy atom. The van der Waals surface area contributed by atoms with Crippen LogP contribution in [0.15, 0.2) is 53.4 Å². The number of thioether (sulfide) groups is 1. The van der Waals surface area contributed by atoms with E-state index in [1.807, 2.05) is 24.3 Å². The van der Waals surface area contributed by atoms with Gasteiger partial charge in [-0.2, -0.15) is 0 Å². The van der Waals surface area contributed by atoms with Crippen molar-refractivity contribution in [1.29, 1.82) is 0 Å². The predicted molar refractivity (Wildman–Crippen MR) is 105 cm³/mol. The summed E-state index contributed by atoms with van der Waals surface area (Å²) >= 11 is 1.73. The SMILES string of the molecule is COC(=O)c1ccccc1NC(=O)CCC(=O)N1CCSc2ccccc21. The van der Waals surface area contributed by atoms with Crippen molar-refractivity contribution in [2.24, 2.45) is 0 Å². The molecule has 6 nitrogen and oxygen atoms in total. The molecule has 0 saturated carbocycles. The summed E-state index contributed by atoms with van der Waals surface area (Å²) < 4.78 is 4.72. The van der Waals surface area contributed by atoms with Gasteiger partial charge in [-0.25, -0.2) is 4.79 Å². The van der Waals surface area contributed by atoms with Crippen molar-refractivity contribution in [1.82, 2.24) is 0 Å². The van der Waals surface area contributed by atoms with Gasteiger partial charge in [-0.3, -0.25) is 9.59 Å². The monoisotopic (exact) mass is 384 g/mol. The number of anilines is 2. The number of hydrogen-bond donors (Lipinski definition) is 1. The van der Waals surface area contributed by atoms with Crippen molar-refractivity contribution >= 4 is 40.9 Å². The molecule has 1 heterocycles. The van der Waals surface area contributed by atoms with Gasteiger partial charge in [0.05, 0.1) is 24.0 Å². The Hall–Kier alpha value is -2.80. The molecule has 0 bridgehead atoms. The van der Waals surface area contributed by atoms with E-state index in [0.29, 0.717) is 12.2 Å². The van der Waals surface area contributed by atoms with E-state index in [-0.39, 0.29) is 30.2 Å². The Morgan fingerprint density at radius 3 is 2.63 bits per heavy atom. The number of nitrogens with one attached hydrogen (secondary N) is 1. The molecule has 0 aliphatic carbocycles. The highest BCUT2D eigenvalue weighted by atomic mass is 32.2. The van der Waals surface area contributed by atoms with Gasteiger partial charge in [0.15, 0.2) is 0 Å². The highest BCUT2D eigenvalue weighted by Crippen LogP contribution is 2.34. The standard InChI is InChI=1S/C20H20N2O4S/c1-26-20(25)14-6-2-3-7-15(14)21-18(23)10-11-19(24)22-12-13-27-17-9-5-4-8-16(17)22/h2-9H,10-13H2,1H3,(H,21,23). The van der Waals surface area contributed by atoms with Crippen LogP contribution in [0.4, 0.5) is 11.4 Å². The number of para-hydroxylation sites is 2. The summed E-state index contributed by atoms with van der Waals surface area (Å²) in [6, 6.07) is 14.4. The van der Waals surface area contributed by atoms with Crippen molar-refractivity contribution in [2.75, 3.05) is 29.6 Å². The summed E-state index contributed by atoms with van der Waals surface area (Å²) in [6.45, 7) is 0.632. The summed E-state index contributed by atoms with van der Waals surface area (Å²) in [7, 11) is 1.29. The first-order chi connectivity index (χ1) is 13.1. The van der Waals surface area contributed by atoms with E-state index in [0.717, 1.165) is 16.3 Å². The molecule has 0 saturated heterocycles. The molecular formula is C20H20N2O4S. The van der Waals surface area contributed by atoms with Crippen LogP contribution in [0.2, 0.25) is 0 Å². The van der Waals surface area contributed by atoms with Gasteiger partial charge < -0.3 is 15.0 Å². The largest absolute Gasteiger partial charge is 0.465 e. The maximum Gasteiger partial charge on any atom is 0.339 e. The third-order valence-electron chi connectivity index (χ3n) is 4.20. The summed E-state index contributed by atoms with van der Waals surface area (Å²) in [6.07, 6.45) is 0.144. The Kier molecular flexibility index (Phi) is 6.13. The van der Waals surface area contributed by atoms with E-state index in [2.05, 4.69) is 5.32 Å².